The predicted octanol–water partition coefficient (Wildman–Crippen LogP) is 2.43. The van der Waals surface area contributed by atoms with Gasteiger partial charge in [0.05, 0.1) is 11.1 Å². The Hall–Kier alpha value is -2.30. The Kier molecular flexibility index (Phi) is 4.85. The molecule has 0 aliphatic rings. The summed E-state index contributed by atoms with van der Waals surface area (Å²) in [7, 11) is 0. The summed E-state index contributed by atoms with van der Waals surface area (Å²) in [6, 6.07) is 5.78. The van der Waals surface area contributed by atoms with Crippen LogP contribution in [-0.2, 0) is 4.79 Å². The highest BCUT2D eigenvalue weighted by atomic mass is 16.2. The van der Waals surface area contributed by atoms with Gasteiger partial charge in [-0.15, -0.1) is 0 Å². The molecular weight excluding hydrogens is 278 g/mol. The van der Waals surface area contributed by atoms with Gasteiger partial charge in [-0.25, -0.2) is 0 Å². The van der Waals surface area contributed by atoms with Crippen LogP contribution >= 0.6 is 0 Å². The van der Waals surface area contributed by atoms with Crippen molar-refractivity contribution in [1.82, 2.24) is 15.6 Å². The average molecular weight is 301 g/mol. The van der Waals surface area contributed by atoms with E-state index in [2.05, 4.69) is 15.6 Å². The highest BCUT2D eigenvalue weighted by molar-refractivity contribution is 6.06. The van der Waals surface area contributed by atoms with Crippen LogP contribution < -0.4 is 10.6 Å². The predicted molar refractivity (Wildman–Crippen MR) is 88.0 cm³/mol. The molecule has 118 valence electrons. The molecule has 22 heavy (non-hydrogen) atoms. The Morgan fingerprint density at radius 1 is 1.23 bits per heavy atom. The van der Waals surface area contributed by atoms with Gasteiger partial charge in [0.1, 0.15) is 0 Å². The topological polar surface area (TPSA) is 74.0 Å². The van der Waals surface area contributed by atoms with Crippen LogP contribution in [0.15, 0.2) is 18.2 Å². The molecule has 0 spiro atoms. The molecule has 0 radical (unpaired) electrons. The maximum Gasteiger partial charge on any atom is 0.253 e. The molecule has 3 N–H and O–H groups in total. The molecule has 1 heterocycles. The summed E-state index contributed by atoms with van der Waals surface area (Å²) < 4.78 is 0. The second-order valence-electron chi connectivity index (χ2n) is 5.83. The molecule has 0 fully saturated rings. The molecule has 0 aliphatic carbocycles. The van der Waals surface area contributed by atoms with E-state index in [1.165, 1.54) is 0 Å². The standard InChI is InChI=1S/C17H23N3O2/c1-10(2)19-15(21)8-9-18-17(22)14-7-5-6-13-11(3)12(4)20-16(13)14/h5-7,10,20H,8-9H2,1-4H3,(H,18,22)(H,19,21). The Balaban J connectivity index is 2.04. The van der Waals surface area contributed by atoms with E-state index in [1.54, 1.807) is 6.07 Å². The second kappa shape index (κ2) is 6.64. The van der Waals surface area contributed by atoms with Crippen LogP contribution in [0.5, 0.6) is 0 Å². The van der Waals surface area contributed by atoms with Crippen LogP contribution in [-0.4, -0.2) is 29.4 Å². The molecule has 2 amide bonds. The first-order valence-corrected chi connectivity index (χ1v) is 7.55. The largest absolute Gasteiger partial charge is 0.358 e. The Morgan fingerprint density at radius 2 is 1.95 bits per heavy atom. The van der Waals surface area contributed by atoms with Crippen LogP contribution in [0.4, 0.5) is 0 Å². The molecule has 0 aliphatic heterocycles. The fourth-order valence-corrected chi connectivity index (χ4v) is 2.45. The van der Waals surface area contributed by atoms with Gasteiger partial charge in [-0.1, -0.05) is 12.1 Å². The number of aryl methyl sites for hydroxylation is 2. The van der Waals surface area contributed by atoms with Crippen molar-refractivity contribution >= 4 is 22.7 Å². The molecule has 0 bridgehead atoms. The zero-order valence-corrected chi connectivity index (χ0v) is 13.5. The van der Waals surface area contributed by atoms with Crippen LogP contribution in [0.25, 0.3) is 10.9 Å². The number of nitrogens with one attached hydrogen (secondary N) is 3. The molecule has 2 aromatic rings. The third kappa shape index (κ3) is 3.47. The third-order valence-corrected chi connectivity index (χ3v) is 3.68. The van der Waals surface area contributed by atoms with Crippen molar-refractivity contribution in [2.75, 3.05) is 6.54 Å². The number of aromatic nitrogens is 1. The van der Waals surface area contributed by atoms with Gasteiger partial charge in [-0.3, -0.25) is 9.59 Å². The van der Waals surface area contributed by atoms with Crippen molar-refractivity contribution in [3.8, 4) is 0 Å². The van der Waals surface area contributed by atoms with E-state index in [0.29, 0.717) is 12.1 Å². The van der Waals surface area contributed by atoms with Crippen molar-refractivity contribution in [1.29, 1.82) is 0 Å². The number of aromatic amines is 1. The lowest BCUT2D eigenvalue weighted by Crippen LogP contribution is -2.34. The summed E-state index contributed by atoms with van der Waals surface area (Å²) in [5.41, 5.74) is 3.67. The van der Waals surface area contributed by atoms with Crippen LogP contribution in [0, 0.1) is 13.8 Å². The fourth-order valence-electron chi connectivity index (χ4n) is 2.45. The lowest BCUT2D eigenvalue weighted by atomic mass is 10.1. The number of hydrogen-bond donors (Lipinski definition) is 3. The van der Waals surface area contributed by atoms with Gasteiger partial charge in [0.15, 0.2) is 0 Å². The van der Waals surface area contributed by atoms with Crippen molar-refractivity contribution in [2.45, 2.75) is 40.2 Å². The minimum atomic E-state index is -0.163. The van der Waals surface area contributed by atoms with Gasteiger partial charge in [-0.05, 0) is 39.3 Å². The molecule has 5 heteroatoms. The monoisotopic (exact) mass is 301 g/mol. The zero-order valence-electron chi connectivity index (χ0n) is 13.5. The third-order valence-electron chi connectivity index (χ3n) is 3.68. The van der Waals surface area contributed by atoms with E-state index in [1.807, 2.05) is 39.8 Å². The number of rotatable bonds is 5. The molecule has 1 aromatic carbocycles. The Labute approximate surface area is 130 Å². The van der Waals surface area contributed by atoms with E-state index in [0.717, 1.165) is 22.2 Å². The van der Waals surface area contributed by atoms with E-state index < -0.39 is 0 Å². The number of hydrogen-bond acceptors (Lipinski definition) is 2. The highest BCUT2D eigenvalue weighted by Gasteiger charge is 2.14. The lowest BCUT2D eigenvalue weighted by Gasteiger charge is -2.09. The number of amides is 2. The normalized spacial score (nSPS) is 11.0. The summed E-state index contributed by atoms with van der Waals surface area (Å²) in [6.45, 7) is 8.17. The zero-order chi connectivity index (χ0) is 16.3. The number of carbonyl (C=O) groups excluding carboxylic acids is 2. The Bertz CT molecular complexity index is 701. The summed E-state index contributed by atoms with van der Waals surface area (Å²) >= 11 is 0. The molecule has 0 saturated carbocycles. The molecule has 0 unspecified atom stereocenters. The molecule has 1 aromatic heterocycles. The fraction of sp³-hybridized carbons (Fsp3) is 0.412. The van der Waals surface area contributed by atoms with Gasteiger partial charge in [0, 0.05) is 30.1 Å². The van der Waals surface area contributed by atoms with Gasteiger partial charge >= 0.3 is 0 Å². The van der Waals surface area contributed by atoms with E-state index >= 15 is 0 Å². The number of para-hydroxylation sites is 1. The van der Waals surface area contributed by atoms with Crippen LogP contribution in [0.3, 0.4) is 0 Å². The molecular formula is C17H23N3O2. The van der Waals surface area contributed by atoms with Crippen molar-refractivity contribution in [3.05, 3.63) is 35.0 Å². The SMILES string of the molecule is Cc1[nH]c2c(C(=O)NCCC(=O)NC(C)C)cccc2c1C. The van der Waals surface area contributed by atoms with Gasteiger partial charge in [-0.2, -0.15) is 0 Å². The van der Waals surface area contributed by atoms with E-state index in [4.69, 9.17) is 0 Å². The maximum absolute atomic E-state index is 12.3. The number of fused-ring (bicyclic) bond motifs is 1. The smallest absolute Gasteiger partial charge is 0.253 e. The minimum absolute atomic E-state index is 0.0555. The number of H-pyrrole nitrogens is 1. The summed E-state index contributed by atoms with van der Waals surface area (Å²) in [4.78, 5) is 27.1. The van der Waals surface area contributed by atoms with Crippen LogP contribution in [0.1, 0.15) is 41.9 Å². The molecule has 5 nitrogen and oxygen atoms in total. The number of carbonyl (C=O) groups is 2. The van der Waals surface area contributed by atoms with Gasteiger partial charge in [0.25, 0.3) is 5.91 Å². The first kappa shape index (κ1) is 16.1. The van der Waals surface area contributed by atoms with Gasteiger partial charge in [0.2, 0.25) is 5.91 Å². The quantitative estimate of drug-likeness (QED) is 0.793. The van der Waals surface area contributed by atoms with Gasteiger partial charge < -0.3 is 15.6 Å². The first-order valence-electron chi connectivity index (χ1n) is 7.55. The first-order chi connectivity index (χ1) is 10.4. The summed E-state index contributed by atoms with van der Waals surface area (Å²) in [5, 5.41) is 6.66. The molecule has 2 rings (SSSR count). The summed E-state index contributed by atoms with van der Waals surface area (Å²) in [6.07, 6.45) is 0.280. The second-order valence-corrected chi connectivity index (χ2v) is 5.83. The maximum atomic E-state index is 12.3. The average Bonchev–Trinajstić information content (AvgIpc) is 2.73. The molecule has 0 atom stereocenters. The Morgan fingerprint density at radius 3 is 2.64 bits per heavy atom. The van der Waals surface area contributed by atoms with Crippen molar-refractivity contribution in [3.63, 3.8) is 0 Å². The lowest BCUT2D eigenvalue weighted by molar-refractivity contribution is -0.121. The minimum Gasteiger partial charge on any atom is -0.358 e. The molecule has 0 saturated heterocycles. The highest BCUT2D eigenvalue weighted by Crippen LogP contribution is 2.24. The van der Waals surface area contributed by atoms with Crippen molar-refractivity contribution < 1.29 is 9.59 Å². The van der Waals surface area contributed by atoms with E-state index in [-0.39, 0.29) is 24.3 Å². The van der Waals surface area contributed by atoms with E-state index in [9.17, 15) is 9.59 Å². The number of benzene rings is 1. The summed E-state index contributed by atoms with van der Waals surface area (Å²) in [5.74, 6) is -0.218. The van der Waals surface area contributed by atoms with Crippen LogP contribution in [0.2, 0.25) is 0 Å². The van der Waals surface area contributed by atoms with Crippen molar-refractivity contribution in [2.24, 2.45) is 0 Å².